The van der Waals surface area contributed by atoms with Gasteiger partial charge < -0.3 is 15.4 Å². The second-order valence-electron chi connectivity index (χ2n) is 6.82. The quantitative estimate of drug-likeness (QED) is 0.342. The number of rotatable bonds is 7. The molecule has 0 spiro atoms. The Morgan fingerprint density at radius 3 is 2.47 bits per heavy atom. The average Bonchev–Trinajstić information content (AvgIpc) is 2.71. The second kappa shape index (κ2) is 10.9. The van der Waals surface area contributed by atoms with Crippen LogP contribution in [0.1, 0.15) is 25.0 Å². The Bertz CT molecular complexity index is 1010. The third-order valence-corrected chi connectivity index (χ3v) is 3.71. The minimum Gasteiger partial charge on any atom is -0.484 e. The monoisotopic (exact) mass is 450 g/mol. The first-order valence-corrected chi connectivity index (χ1v) is 9.38. The predicted octanol–water partition coefficient (Wildman–Crippen LogP) is 2.70. The first kappa shape index (κ1) is 24.4. The SMILES string of the molecule is CC(C)NC(=O)C(=O)N/N=C\c1cccc(OCC(=O)Nc2cccc(C(F)(F)F)c2)c1. The average molecular weight is 450 g/mol. The van der Waals surface area contributed by atoms with Gasteiger partial charge in [0.05, 0.1) is 11.8 Å². The van der Waals surface area contributed by atoms with Gasteiger partial charge in [0.25, 0.3) is 5.91 Å². The van der Waals surface area contributed by atoms with Crippen LogP contribution < -0.4 is 20.8 Å². The van der Waals surface area contributed by atoms with E-state index in [0.717, 1.165) is 12.1 Å². The fourth-order valence-corrected chi connectivity index (χ4v) is 2.35. The molecule has 0 fully saturated rings. The van der Waals surface area contributed by atoms with E-state index in [9.17, 15) is 27.6 Å². The summed E-state index contributed by atoms with van der Waals surface area (Å²) in [5.74, 6) is -2.10. The van der Waals surface area contributed by atoms with Gasteiger partial charge in [0.2, 0.25) is 0 Å². The lowest BCUT2D eigenvalue weighted by Crippen LogP contribution is -2.41. The van der Waals surface area contributed by atoms with Crippen LogP contribution in [0.25, 0.3) is 0 Å². The minimum atomic E-state index is -4.52. The summed E-state index contributed by atoms with van der Waals surface area (Å²) in [4.78, 5) is 35.0. The Hall–Kier alpha value is -3.89. The summed E-state index contributed by atoms with van der Waals surface area (Å²) in [6.45, 7) is 2.97. The molecule has 3 amide bonds. The van der Waals surface area contributed by atoms with Crippen molar-refractivity contribution >= 4 is 29.6 Å². The lowest BCUT2D eigenvalue weighted by Gasteiger charge is -2.10. The van der Waals surface area contributed by atoms with Gasteiger partial charge in [0.1, 0.15) is 5.75 Å². The van der Waals surface area contributed by atoms with Gasteiger partial charge in [-0.3, -0.25) is 14.4 Å². The molecule has 0 bridgehead atoms. The number of amides is 3. The molecule has 0 saturated heterocycles. The molecule has 0 unspecified atom stereocenters. The van der Waals surface area contributed by atoms with Gasteiger partial charge in [0.15, 0.2) is 6.61 Å². The second-order valence-corrected chi connectivity index (χ2v) is 6.82. The zero-order valence-electron chi connectivity index (χ0n) is 17.2. The number of halogens is 3. The van der Waals surface area contributed by atoms with Crippen molar-refractivity contribution in [1.29, 1.82) is 0 Å². The topological polar surface area (TPSA) is 109 Å². The fraction of sp³-hybridized carbons (Fsp3) is 0.238. The number of anilines is 1. The Labute approximate surface area is 181 Å². The summed E-state index contributed by atoms with van der Waals surface area (Å²) >= 11 is 0. The lowest BCUT2D eigenvalue weighted by molar-refractivity contribution is -0.139. The van der Waals surface area contributed by atoms with Crippen LogP contribution in [0.5, 0.6) is 5.75 Å². The van der Waals surface area contributed by atoms with Crippen molar-refractivity contribution in [2.75, 3.05) is 11.9 Å². The maximum Gasteiger partial charge on any atom is 0.416 e. The minimum absolute atomic E-state index is 0.00782. The van der Waals surface area contributed by atoms with Gasteiger partial charge in [-0.15, -0.1) is 0 Å². The summed E-state index contributed by atoms with van der Waals surface area (Å²) in [6, 6.07) is 10.4. The van der Waals surface area contributed by atoms with Crippen molar-refractivity contribution in [1.82, 2.24) is 10.7 Å². The Morgan fingerprint density at radius 1 is 1.06 bits per heavy atom. The molecule has 2 aromatic carbocycles. The summed E-state index contributed by atoms with van der Waals surface area (Å²) in [7, 11) is 0. The molecule has 0 aliphatic heterocycles. The molecule has 0 saturated carbocycles. The van der Waals surface area contributed by atoms with E-state index in [1.165, 1.54) is 24.4 Å². The van der Waals surface area contributed by atoms with Gasteiger partial charge in [-0.25, -0.2) is 5.43 Å². The lowest BCUT2D eigenvalue weighted by atomic mass is 10.2. The van der Waals surface area contributed by atoms with Crippen LogP contribution in [0.15, 0.2) is 53.6 Å². The summed E-state index contributed by atoms with van der Waals surface area (Å²) < 4.78 is 43.6. The Balaban J connectivity index is 1.88. The first-order chi connectivity index (χ1) is 15.0. The van der Waals surface area contributed by atoms with E-state index in [0.29, 0.717) is 5.56 Å². The van der Waals surface area contributed by atoms with E-state index in [1.54, 1.807) is 32.0 Å². The highest BCUT2D eigenvalue weighted by molar-refractivity contribution is 6.35. The van der Waals surface area contributed by atoms with Crippen molar-refractivity contribution < 1.29 is 32.3 Å². The van der Waals surface area contributed by atoms with Crippen LogP contribution in [0.2, 0.25) is 0 Å². The van der Waals surface area contributed by atoms with Gasteiger partial charge in [-0.05, 0) is 49.7 Å². The Morgan fingerprint density at radius 2 is 1.78 bits per heavy atom. The fourth-order valence-electron chi connectivity index (χ4n) is 2.35. The zero-order valence-corrected chi connectivity index (χ0v) is 17.2. The number of benzene rings is 2. The summed E-state index contributed by atoms with van der Waals surface area (Å²) in [5.41, 5.74) is 1.70. The summed E-state index contributed by atoms with van der Waals surface area (Å²) in [5, 5.41) is 8.43. The summed E-state index contributed by atoms with van der Waals surface area (Å²) in [6.07, 6.45) is -3.24. The number of alkyl halides is 3. The number of ether oxygens (including phenoxy) is 1. The van der Waals surface area contributed by atoms with Crippen molar-refractivity contribution in [2.24, 2.45) is 5.10 Å². The molecule has 32 heavy (non-hydrogen) atoms. The maximum absolute atomic E-state index is 12.7. The van der Waals surface area contributed by atoms with Crippen molar-refractivity contribution in [3.63, 3.8) is 0 Å². The molecule has 3 N–H and O–H groups in total. The molecule has 170 valence electrons. The molecule has 0 aliphatic carbocycles. The standard InChI is InChI=1S/C21H21F3N4O4/c1-13(2)26-19(30)20(31)28-25-11-14-5-3-8-17(9-14)32-12-18(29)27-16-7-4-6-15(10-16)21(22,23)24/h3-11,13H,12H2,1-2H3,(H,26,30)(H,27,29)(H,28,31)/b25-11-. The number of nitrogens with one attached hydrogen (secondary N) is 3. The van der Waals surface area contributed by atoms with E-state index in [2.05, 4.69) is 21.2 Å². The van der Waals surface area contributed by atoms with E-state index in [-0.39, 0.29) is 17.5 Å². The molecule has 0 atom stereocenters. The van der Waals surface area contributed by atoms with Crippen LogP contribution in [-0.2, 0) is 20.6 Å². The number of nitrogens with zero attached hydrogens (tertiary/aromatic N) is 1. The highest BCUT2D eigenvalue weighted by Crippen LogP contribution is 2.30. The molecule has 0 radical (unpaired) electrons. The van der Waals surface area contributed by atoms with Gasteiger partial charge in [-0.1, -0.05) is 18.2 Å². The normalized spacial score (nSPS) is 11.3. The van der Waals surface area contributed by atoms with Crippen molar-refractivity contribution in [3.8, 4) is 5.75 Å². The van der Waals surface area contributed by atoms with E-state index < -0.39 is 36.1 Å². The van der Waals surface area contributed by atoms with E-state index in [1.807, 2.05) is 0 Å². The number of carbonyl (C=O) groups is 3. The van der Waals surface area contributed by atoms with Crippen LogP contribution in [-0.4, -0.2) is 36.6 Å². The molecule has 11 heteroatoms. The van der Waals surface area contributed by atoms with Gasteiger partial charge >= 0.3 is 18.0 Å². The van der Waals surface area contributed by atoms with Crippen LogP contribution in [0.3, 0.4) is 0 Å². The predicted molar refractivity (Wildman–Crippen MR) is 111 cm³/mol. The largest absolute Gasteiger partial charge is 0.484 e. The van der Waals surface area contributed by atoms with Gasteiger partial charge in [0, 0.05) is 11.7 Å². The first-order valence-electron chi connectivity index (χ1n) is 9.38. The van der Waals surface area contributed by atoms with Gasteiger partial charge in [-0.2, -0.15) is 18.3 Å². The van der Waals surface area contributed by atoms with Crippen molar-refractivity contribution in [2.45, 2.75) is 26.1 Å². The molecule has 0 aliphatic rings. The number of hydrogen-bond donors (Lipinski definition) is 3. The number of hydrogen-bond acceptors (Lipinski definition) is 5. The van der Waals surface area contributed by atoms with Crippen molar-refractivity contribution in [3.05, 3.63) is 59.7 Å². The number of hydrazone groups is 1. The molecule has 2 rings (SSSR count). The molecule has 0 aromatic heterocycles. The molecule has 0 heterocycles. The third kappa shape index (κ3) is 8.09. The van der Waals surface area contributed by atoms with Crippen LogP contribution >= 0.6 is 0 Å². The molecule has 2 aromatic rings. The van der Waals surface area contributed by atoms with E-state index >= 15 is 0 Å². The molecular formula is C21H21F3N4O4. The van der Waals surface area contributed by atoms with Crippen LogP contribution in [0, 0.1) is 0 Å². The molecular weight excluding hydrogens is 429 g/mol. The highest BCUT2D eigenvalue weighted by atomic mass is 19.4. The molecule has 8 nitrogen and oxygen atoms in total. The highest BCUT2D eigenvalue weighted by Gasteiger charge is 2.30. The Kier molecular flexibility index (Phi) is 8.33. The zero-order chi connectivity index (χ0) is 23.7. The maximum atomic E-state index is 12.7. The number of carbonyl (C=O) groups excluding carboxylic acids is 3. The van der Waals surface area contributed by atoms with E-state index in [4.69, 9.17) is 4.74 Å². The van der Waals surface area contributed by atoms with Crippen LogP contribution in [0.4, 0.5) is 18.9 Å². The third-order valence-electron chi connectivity index (χ3n) is 3.71. The smallest absolute Gasteiger partial charge is 0.416 e.